The molecule has 0 fully saturated rings. The van der Waals surface area contributed by atoms with E-state index in [4.69, 9.17) is 9.57 Å². The van der Waals surface area contributed by atoms with Crippen molar-refractivity contribution in [2.24, 2.45) is 0 Å². The van der Waals surface area contributed by atoms with Crippen molar-refractivity contribution in [1.82, 2.24) is 4.98 Å². The third-order valence-corrected chi connectivity index (χ3v) is 3.06. The third-order valence-electron chi connectivity index (χ3n) is 3.06. The number of carbonyl (C=O) groups is 1. The number of alkyl halides is 3. The molecule has 0 bridgehead atoms. The summed E-state index contributed by atoms with van der Waals surface area (Å²) in [7, 11) is 1.22. The van der Waals surface area contributed by atoms with Crippen molar-refractivity contribution in [3.05, 3.63) is 47.7 Å². The fourth-order valence-corrected chi connectivity index (χ4v) is 2.05. The predicted octanol–water partition coefficient (Wildman–Crippen LogP) is 3.41. The van der Waals surface area contributed by atoms with E-state index in [1.165, 1.54) is 19.2 Å². The summed E-state index contributed by atoms with van der Waals surface area (Å²) in [6.07, 6.45) is -3.95. The molecule has 3 rings (SSSR count). The van der Waals surface area contributed by atoms with Crippen LogP contribution in [0.4, 0.5) is 19.0 Å². The molecule has 114 valence electrons. The van der Waals surface area contributed by atoms with Crippen molar-refractivity contribution >= 4 is 11.7 Å². The van der Waals surface area contributed by atoms with Gasteiger partial charge in [-0.2, -0.15) is 18.2 Å². The van der Waals surface area contributed by atoms with Crippen LogP contribution in [-0.2, 0) is 11.0 Å². The Kier molecular flexibility index (Phi) is 3.25. The summed E-state index contributed by atoms with van der Waals surface area (Å²) in [5, 5.41) is 0.793. The topological polar surface area (TPSA) is 51.7 Å². The average Bonchev–Trinajstić information content (AvgIpc) is 2.59. The second kappa shape index (κ2) is 4.99. The number of pyridine rings is 1. The number of ether oxygens (including phenoxy) is 1. The monoisotopic (exact) mass is 310 g/mol. The Balaban J connectivity index is 2.20. The highest BCUT2D eigenvalue weighted by Crippen LogP contribution is 2.40. The van der Waals surface area contributed by atoms with Crippen LogP contribution >= 0.6 is 0 Å². The molecule has 0 radical (unpaired) electrons. The quantitative estimate of drug-likeness (QED) is 0.810. The number of aromatic nitrogens is 1. The zero-order valence-electron chi connectivity index (χ0n) is 11.2. The standard InChI is InChI=1S/C14H9F3N2O3/c1-21-19-12-11(6-8(7-18-12)14(15,16)17)22-10-5-3-2-4-9(10)13(19)20/h2-7H,1H3. The first kappa shape index (κ1) is 14.3. The minimum atomic E-state index is -4.57. The minimum absolute atomic E-state index is 0.134. The lowest BCUT2D eigenvalue weighted by molar-refractivity contribution is -0.137. The van der Waals surface area contributed by atoms with Gasteiger partial charge in [-0.25, -0.2) is 4.98 Å². The molecular weight excluding hydrogens is 301 g/mol. The fourth-order valence-electron chi connectivity index (χ4n) is 2.05. The van der Waals surface area contributed by atoms with E-state index in [-0.39, 0.29) is 22.9 Å². The molecule has 0 unspecified atom stereocenters. The van der Waals surface area contributed by atoms with Crippen molar-refractivity contribution in [2.75, 3.05) is 12.2 Å². The number of halogens is 3. The molecule has 1 amide bonds. The molecule has 0 saturated heterocycles. The normalized spacial score (nSPS) is 14.0. The molecule has 22 heavy (non-hydrogen) atoms. The minimum Gasteiger partial charge on any atom is -0.453 e. The molecule has 2 heterocycles. The van der Waals surface area contributed by atoms with E-state index in [2.05, 4.69) is 4.98 Å². The van der Waals surface area contributed by atoms with Gasteiger partial charge in [-0.3, -0.25) is 9.63 Å². The molecule has 1 aliphatic rings. The number of hydrogen-bond donors (Lipinski definition) is 0. The van der Waals surface area contributed by atoms with E-state index in [0.717, 1.165) is 11.1 Å². The number of hydroxylamine groups is 1. The van der Waals surface area contributed by atoms with Crippen molar-refractivity contribution in [1.29, 1.82) is 0 Å². The van der Waals surface area contributed by atoms with Crippen molar-refractivity contribution in [2.45, 2.75) is 6.18 Å². The number of fused-ring (bicyclic) bond motifs is 2. The van der Waals surface area contributed by atoms with E-state index in [1.807, 2.05) is 0 Å². The number of para-hydroxylation sites is 1. The number of benzene rings is 1. The van der Waals surface area contributed by atoms with Crippen LogP contribution in [0, 0.1) is 0 Å². The zero-order chi connectivity index (χ0) is 15.9. The second-order valence-corrected chi connectivity index (χ2v) is 4.42. The molecule has 8 heteroatoms. The van der Waals surface area contributed by atoms with Gasteiger partial charge >= 0.3 is 6.18 Å². The van der Waals surface area contributed by atoms with Crippen LogP contribution < -0.4 is 9.80 Å². The molecule has 1 aromatic heterocycles. The molecular formula is C14H9F3N2O3. The van der Waals surface area contributed by atoms with Crippen molar-refractivity contribution < 1.29 is 27.5 Å². The van der Waals surface area contributed by atoms with Gasteiger partial charge in [0.25, 0.3) is 5.91 Å². The van der Waals surface area contributed by atoms with Gasteiger partial charge < -0.3 is 4.74 Å². The average molecular weight is 310 g/mol. The fraction of sp³-hybridized carbons (Fsp3) is 0.143. The van der Waals surface area contributed by atoms with Crippen LogP contribution in [0.25, 0.3) is 0 Å². The first-order valence-corrected chi connectivity index (χ1v) is 6.14. The SMILES string of the molecule is CON1C(=O)c2ccccc2Oc2cc(C(F)(F)F)cnc21. The second-order valence-electron chi connectivity index (χ2n) is 4.42. The van der Waals surface area contributed by atoms with E-state index in [0.29, 0.717) is 6.20 Å². The Morgan fingerprint density at radius 2 is 1.95 bits per heavy atom. The molecule has 0 N–H and O–H groups in total. The van der Waals surface area contributed by atoms with Crippen LogP contribution in [0.5, 0.6) is 11.5 Å². The molecule has 5 nitrogen and oxygen atoms in total. The maximum atomic E-state index is 12.8. The smallest absolute Gasteiger partial charge is 0.418 e. The number of nitrogens with zero attached hydrogens (tertiary/aromatic N) is 2. The van der Waals surface area contributed by atoms with Crippen molar-refractivity contribution in [3.63, 3.8) is 0 Å². The maximum Gasteiger partial charge on any atom is 0.418 e. The summed E-state index contributed by atoms with van der Waals surface area (Å²) in [6.45, 7) is 0. The third kappa shape index (κ3) is 2.27. The summed E-state index contributed by atoms with van der Waals surface area (Å²) < 4.78 is 43.8. The number of hydrogen-bond acceptors (Lipinski definition) is 4. The largest absolute Gasteiger partial charge is 0.453 e. The molecule has 0 atom stereocenters. The van der Waals surface area contributed by atoms with E-state index in [9.17, 15) is 18.0 Å². The number of anilines is 1. The molecule has 0 saturated carbocycles. The van der Waals surface area contributed by atoms with Gasteiger partial charge in [-0.15, -0.1) is 0 Å². The van der Waals surface area contributed by atoms with Crippen LogP contribution in [0.15, 0.2) is 36.5 Å². The van der Waals surface area contributed by atoms with Gasteiger partial charge in [0.05, 0.1) is 18.2 Å². The highest BCUT2D eigenvalue weighted by atomic mass is 19.4. The summed E-state index contributed by atoms with van der Waals surface area (Å²) >= 11 is 0. The molecule has 2 aromatic rings. The summed E-state index contributed by atoms with van der Waals surface area (Å²) in [4.78, 5) is 21.0. The maximum absolute atomic E-state index is 12.8. The Morgan fingerprint density at radius 1 is 1.23 bits per heavy atom. The lowest BCUT2D eigenvalue weighted by Crippen LogP contribution is -2.29. The molecule has 1 aromatic carbocycles. The van der Waals surface area contributed by atoms with E-state index < -0.39 is 17.6 Å². The lowest BCUT2D eigenvalue weighted by Gasteiger charge is -2.18. The first-order chi connectivity index (χ1) is 10.4. The zero-order valence-corrected chi connectivity index (χ0v) is 11.2. The Bertz CT molecular complexity index is 746. The van der Waals surface area contributed by atoms with Gasteiger partial charge in [0.1, 0.15) is 5.75 Å². The van der Waals surface area contributed by atoms with E-state index in [1.54, 1.807) is 12.1 Å². The summed E-state index contributed by atoms with van der Waals surface area (Å²) in [6, 6.07) is 6.97. The number of rotatable bonds is 1. The summed E-state index contributed by atoms with van der Waals surface area (Å²) in [5.41, 5.74) is -0.815. The predicted molar refractivity (Wildman–Crippen MR) is 69.6 cm³/mol. The number of carbonyl (C=O) groups excluding carboxylic acids is 1. The highest BCUT2D eigenvalue weighted by molar-refractivity contribution is 6.07. The van der Waals surface area contributed by atoms with Crippen molar-refractivity contribution in [3.8, 4) is 11.5 Å². The van der Waals surface area contributed by atoms with E-state index >= 15 is 0 Å². The van der Waals surface area contributed by atoms with Gasteiger partial charge in [-0.1, -0.05) is 12.1 Å². The van der Waals surface area contributed by atoms with Crippen LogP contribution in [0.1, 0.15) is 15.9 Å². The Labute approximate surface area is 122 Å². The molecule has 0 spiro atoms. The van der Waals surface area contributed by atoms with Crippen LogP contribution in [0.2, 0.25) is 0 Å². The Morgan fingerprint density at radius 3 is 2.64 bits per heavy atom. The van der Waals surface area contributed by atoms with Gasteiger partial charge in [0.2, 0.25) is 5.82 Å². The first-order valence-electron chi connectivity index (χ1n) is 6.14. The summed E-state index contributed by atoms with van der Waals surface area (Å²) in [5.74, 6) is -0.801. The van der Waals surface area contributed by atoms with Gasteiger partial charge in [0, 0.05) is 6.20 Å². The van der Waals surface area contributed by atoms with Crippen LogP contribution in [0.3, 0.4) is 0 Å². The lowest BCUT2D eigenvalue weighted by atomic mass is 10.2. The van der Waals surface area contributed by atoms with Gasteiger partial charge in [0.15, 0.2) is 5.75 Å². The molecule has 0 aliphatic carbocycles. The van der Waals surface area contributed by atoms with Gasteiger partial charge in [-0.05, 0) is 18.2 Å². The Hall–Kier alpha value is -2.61. The molecule has 1 aliphatic heterocycles. The van der Waals surface area contributed by atoms with Crippen LogP contribution in [-0.4, -0.2) is 18.0 Å². The number of amides is 1. The highest BCUT2D eigenvalue weighted by Gasteiger charge is 2.35.